The van der Waals surface area contributed by atoms with E-state index >= 15 is 0 Å². The van der Waals surface area contributed by atoms with Crippen LogP contribution in [0, 0.1) is 51.2 Å². The van der Waals surface area contributed by atoms with Gasteiger partial charge in [0.05, 0.1) is 12.0 Å². The smallest absolute Gasteiger partial charge is 0.136 e. The molecule has 4 aliphatic carbocycles. The lowest BCUT2D eigenvalue weighted by molar-refractivity contribution is -0.230. The molecule has 3 heteroatoms. The highest BCUT2D eigenvalue weighted by Crippen LogP contribution is 2.74. The summed E-state index contributed by atoms with van der Waals surface area (Å²) in [5.74, 6) is 0.895. The lowest BCUT2D eigenvalue weighted by Crippen LogP contribution is -2.66. The minimum Gasteiger partial charge on any atom is -0.392 e. The molecule has 0 aliphatic heterocycles. The van der Waals surface area contributed by atoms with E-state index in [-0.39, 0.29) is 22.5 Å². The average Bonchev–Trinajstić information content (AvgIpc) is 2.66. The van der Waals surface area contributed by atoms with E-state index in [1.807, 2.05) is 0 Å². The molecule has 0 aromatic rings. The van der Waals surface area contributed by atoms with E-state index < -0.39 is 12.0 Å². The molecular formula is C27H44O3. The molecule has 170 valence electrons. The number of aldehydes is 1. The van der Waals surface area contributed by atoms with Crippen LogP contribution in [0.4, 0.5) is 0 Å². The minimum atomic E-state index is -0.675. The van der Waals surface area contributed by atoms with Gasteiger partial charge in [0.25, 0.3) is 0 Å². The molecule has 3 nitrogen and oxygen atoms in total. The number of rotatable bonds is 3. The molecule has 0 amide bonds. The summed E-state index contributed by atoms with van der Waals surface area (Å²) in [4.78, 5) is 24.9. The Kier molecular flexibility index (Phi) is 5.36. The molecular weight excluding hydrogens is 372 g/mol. The van der Waals surface area contributed by atoms with Crippen LogP contribution in [0.5, 0.6) is 0 Å². The van der Waals surface area contributed by atoms with Gasteiger partial charge >= 0.3 is 0 Å². The van der Waals surface area contributed by atoms with Gasteiger partial charge in [0, 0.05) is 5.92 Å². The van der Waals surface area contributed by atoms with Gasteiger partial charge in [0.1, 0.15) is 12.1 Å². The van der Waals surface area contributed by atoms with Crippen molar-refractivity contribution in [2.45, 2.75) is 105 Å². The fourth-order valence-electron chi connectivity index (χ4n) is 10.3. The molecule has 4 aliphatic rings. The zero-order chi connectivity index (χ0) is 22.1. The number of aliphatic hydroxyl groups is 1. The third kappa shape index (κ3) is 2.79. The molecule has 0 aromatic carbocycles. The van der Waals surface area contributed by atoms with Crippen molar-refractivity contribution in [3.8, 4) is 0 Å². The Balaban J connectivity index is 1.78. The lowest BCUT2D eigenvalue weighted by atomic mass is 9.34. The van der Waals surface area contributed by atoms with E-state index in [0.29, 0.717) is 29.1 Å². The monoisotopic (exact) mass is 416 g/mol. The molecule has 9 atom stereocenters. The normalized spacial score (nSPS) is 52.5. The van der Waals surface area contributed by atoms with Crippen LogP contribution in [0.1, 0.15) is 99.3 Å². The topological polar surface area (TPSA) is 54.4 Å². The van der Waals surface area contributed by atoms with Gasteiger partial charge in [0.2, 0.25) is 0 Å². The summed E-state index contributed by atoms with van der Waals surface area (Å²) in [6, 6.07) is 0. The van der Waals surface area contributed by atoms with Gasteiger partial charge in [-0.1, -0.05) is 41.0 Å². The van der Waals surface area contributed by atoms with Gasteiger partial charge < -0.3 is 9.90 Å². The third-order valence-corrected chi connectivity index (χ3v) is 11.4. The number of Topliss-reactive ketones (excluding diaryl/α,β-unsaturated/α-hetero) is 1. The Labute approximate surface area is 183 Å². The summed E-state index contributed by atoms with van der Waals surface area (Å²) in [5, 5.41) is 11.1. The van der Waals surface area contributed by atoms with Crippen LogP contribution in [0.3, 0.4) is 0 Å². The molecule has 4 fully saturated rings. The molecule has 0 radical (unpaired) electrons. The molecule has 30 heavy (non-hydrogen) atoms. The summed E-state index contributed by atoms with van der Waals surface area (Å²) >= 11 is 0. The number of fused-ring (bicyclic) bond motifs is 5. The van der Waals surface area contributed by atoms with Crippen molar-refractivity contribution in [2.75, 3.05) is 0 Å². The van der Waals surface area contributed by atoms with E-state index in [1.54, 1.807) is 6.92 Å². The van der Waals surface area contributed by atoms with Crippen LogP contribution < -0.4 is 0 Å². The number of ketones is 1. The summed E-state index contributed by atoms with van der Waals surface area (Å²) in [5.41, 5.74) is 0.783. The van der Waals surface area contributed by atoms with Crippen LogP contribution in [0.2, 0.25) is 0 Å². The van der Waals surface area contributed by atoms with Gasteiger partial charge in [-0.15, -0.1) is 0 Å². The highest BCUT2D eigenvalue weighted by Gasteiger charge is 2.68. The number of aliphatic hydroxyl groups excluding tert-OH is 1. The maximum atomic E-state index is 12.5. The standard InChI is InChI=1S/C27H44O3/c1-7-27-14-10-21-25(5)12-8-11-24(3,4)20(25)9-13-26(21,6)22(27)15-19(30)23(17(2)29)18(27)16-28/h16,18-23,30H,7-15H2,1-6H3/t18-,19-,20-,21+,22-,23-,25-,26+,27+/m0/s1. The van der Waals surface area contributed by atoms with Crippen LogP contribution in [0.25, 0.3) is 0 Å². The van der Waals surface area contributed by atoms with Gasteiger partial charge in [-0.3, -0.25) is 4.79 Å². The Morgan fingerprint density at radius 1 is 0.967 bits per heavy atom. The Bertz CT molecular complexity index is 713. The molecule has 0 aromatic heterocycles. The third-order valence-electron chi connectivity index (χ3n) is 11.4. The highest BCUT2D eigenvalue weighted by molar-refractivity contribution is 5.83. The van der Waals surface area contributed by atoms with Crippen LogP contribution in [-0.2, 0) is 9.59 Å². The Morgan fingerprint density at radius 2 is 1.60 bits per heavy atom. The summed E-state index contributed by atoms with van der Waals surface area (Å²) < 4.78 is 0. The average molecular weight is 417 g/mol. The number of carbonyl (C=O) groups excluding carboxylic acids is 2. The van der Waals surface area contributed by atoms with Crippen molar-refractivity contribution in [1.82, 2.24) is 0 Å². The molecule has 0 heterocycles. The van der Waals surface area contributed by atoms with Gasteiger partial charge in [-0.05, 0) is 97.7 Å². The van der Waals surface area contributed by atoms with Crippen molar-refractivity contribution >= 4 is 12.1 Å². The van der Waals surface area contributed by atoms with E-state index in [2.05, 4.69) is 34.6 Å². The zero-order valence-corrected chi connectivity index (χ0v) is 20.2. The predicted octanol–water partition coefficient (Wildman–Crippen LogP) is 5.83. The quantitative estimate of drug-likeness (QED) is 0.589. The summed E-state index contributed by atoms with van der Waals surface area (Å²) in [6.45, 7) is 13.8. The van der Waals surface area contributed by atoms with Gasteiger partial charge in [0.15, 0.2) is 0 Å². The van der Waals surface area contributed by atoms with Crippen molar-refractivity contribution < 1.29 is 14.7 Å². The van der Waals surface area contributed by atoms with Crippen LogP contribution >= 0.6 is 0 Å². The molecule has 1 N–H and O–H groups in total. The van der Waals surface area contributed by atoms with E-state index in [9.17, 15) is 14.7 Å². The fraction of sp³-hybridized carbons (Fsp3) is 0.926. The molecule has 4 rings (SSSR count). The first kappa shape index (κ1) is 22.5. The SMILES string of the molecule is CC[C@]12CC[C@@H]3[C@@]4(C)CCCC(C)(C)[C@@H]4CC[C@@]3(C)[C@@H]1C[C@H](O)[C@@H](C(C)=O)[C@@H]2C=O. The van der Waals surface area contributed by atoms with Crippen LogP contribution in [0.15, 0.2) is 0 Å². The molecule has 4 saturated carbocycles. The van der Waals surface area contributed by atoms with E-state index in [0.717, 1.165) is 25.0 Å². The zero-order valence-electron chi connectivity index (χ0n) is 20.2. The van der Waals surface area contributed by atoms with Crippen LogP contribution in [-0.4, -0.2) is 23.3 Å². The predicted molar refractivity (Wildman–Crippen MR) is 120 cm³/mol. The minimum absolute atomic E-state index is 0.0112. The van der Waals surface area contributed by atoms with Gasteiger partial charge in [-0.25, -0.2) is 0 Å². The highest BCUT2D eigenvalue weighted by atomic mass is 16.3. The fourth-order valence-corrected chi connectivity index (χ4v) is 10.3. The van der Waals surface area contributed by atoms with Gasteiger partial charge in [-0.2, -0.15) is 0 Å². The van der Waals surface area contributed by atoms with Crippen molar-refractivity contribution in [3.05, 3.63) is 0 Å². The maximum absolute atomic E-state index is 12.5. The number of hydrogen-bond donors (Lipinski definition) is 1. The summed E-state index contributed by atoms with van der Waals surface area (Å²) in [6.07, 6.45) is 10.7. The van der Waals surface area contributed by atoms with Crippen molar-refractivity contribution in [1.29, 1.82) is 0 Å². The molecule has 0 spiro atoms. The first-order chi connectivity index (χ1) is 14.0. The largest absolute Gasteiger partial charge is 0.392 e. The van der Waals surface area contributed by atoms with E-state index in [1.165, 1.54) is 38.5 Å². The number of hydrogen-bond acceptors (Lipinski definition) is 3. The molecule has 0 saturated heterocycles. The second kappa shape index (κ2) is 7.15. The second-order valence-corrected chi connectivity index (χ2v) is 12.8. The Hall–Kier alpha value is -0.700. The lowest BCUT2D eigenvalue weighted by Gasteiger charge is -2.71. The maximum Gasteiger partial charge on any atom is 0.136 e. The second-order valence-electron chi connectivity index (χ2n) is 12.8. The van der Waals surface area contributed by atoms with E-state index in [4.69, 9.17) is 0 Å². The molecule has 0 bridgehead atoms. The first-order valence-electron chi connectivity index (χ1n) is 12.6. The van der Waals surface area contributed by atoms with Crippen molar-refractivity contribution in [3.63, 3.8) is 0 Å². The summed E-state index contributed by atoms with van der Waals surface area (Å²) in [7, 11) is 0. The first-order valence-corrected chi connectivity index (χ1v) is 12.6. The van der Waals surface area contributed by atoms with Crippen molar-refractivity contribution in [2.24, 2.45) is 51.2 Å². The molecule has 0 unspecified atom stereocenters. The Morgan fingerprint density at radius 3 is 2.20 bits per heavy atom. The number of carbonyl (C=O) groups is 2.